The Bertz CT molecular complexity index is 1090. The molecule has 1 N–H and O–H groups in total. The van der Waals surface area contributed by atoms with Crippen LogP contribution in [0.1, 0.15) is 45.7 Å². The van der Waals surface area contributed by atoms with Gasteiger partial charge in [-0.15, -0.1) is 0 Å². The predicted octanol–water partition coefficient (Wildman–Crippen LogP) is 3.68. The minimum atomic E-state index is -3.50. The quantitative estimate of drug-likeness (QED) is 0.729. The zero-order valence-corrected chi connectivity index (χ0v) is 19.5. The molecule has 4 rings (SSSR count). The molecule has 0 bridgehead atoms. The van der Waals surface area contributed by atoms with Crippen LogP contribution in [0.25, 0.3) is 0 Å². The lowest BCUT2D eigenvalue weighted by atomic mass is 9.81. The van der Waals surface area contributed by atoms with Gasteiger partial charge >= 0.3 is 0 Å². The first-order valence-electron chi connectivity index (χ1n) is 11.0. The van der Waals surface area contributed by atoms with Crippen molar-refractivity contribution in [3.8, 4) is 11.5 Å². The SMILES string of the molecule is CC(C)Oc1cc(CN2CC[C@]3(CCS(=O)(=O)N3c3cccc(F)c3)C[C@@H]2C)ncc1O. The van der Waals surface area contributed by atoms with Gasteiger partial charge < -0.3 is 9.84 Å². The molecule has 32 heavy (non-hydrogen) atoms. The van der Waals surface area contributed by atoms with Gasteiger partial charge in [0.2, 0.25) is 10.0 Å². The molecule has 2 atom stereocenters. The summed E-state index contributed by atoms with van der Waals surface area (Å²) in [6, 6.07) is 7.70. The Hall–Kier alpha value is -2.39. The number of ether oxygens (including phenoxy) is 1. The number of hydrogen-bond donors (Lipinski definition) is 1. The molecule has 2 aliphatic heterocycles. The molecule has 2 aromatic rings. The van der Waals surface area contributed by atoms with Gasteiger partial charge in [-0.05, 0) is 58.2 Å². The van der Waals surface area contributed by atoms with Crippen molar-refractivity contribution in [3.63, 3.8) is 0 Å². The highest BCUT2D eigenvalue weighted by atomic mass is 32.2. The Morgan fingerprint density at radius 1 is 1.31 bits per heavy atom. The van der Waals surface area contributed by atoms with Gasteiger partial charge in [0.15, 0.2) is 11.5 Å². The van der Waals surface area contributed by atoms with Gasteiger partial charge in [0.1, 0.15) is 5.82 Å². The summed E-state index contributed by atoms with van der Waals surface area (Å²) < 4.78 is 46.9. The molecule has 174 valence electrons. The van der Waals surface area contributed by atoms with Gasteiger partial charge in [-0.25, -0.2) is 12.8 Å². The van der Waals surface area contributed by atoms with Crippen LogP contribution in [0.4, 0.5) is 10.1 Å². The maximum Gasteiger partial charge on any atom is 0.235 e. The largest absolute Gasteiger partial charge is 0.503 e. The standard InChI is InChI=1S/C23H30FN3O4S/c1-16(2)31-22-12-19(25-14-21(22)28)15-26-9-7-23(13-17(26)3)8-10-32(29,30)27(23)20-6-4-5-18(24)11-20/h4-6,11-12,14,16-17,28H,7-10,13,15H2,1-3H3/t17-,23-/m0/s1. The van der Waals surface area contributed by atoms with Gasteiger partial charge in [0, 0.05) is 25.2 Å². The second-order valence-electron chi connectivity index (χ2n) is 9.12. The van der Waals surface area contributed by atoms with Gasteiger partial charge in [0.25, 0.3) is 0 Å². The lowest BCUT2D eigenvalue weighted by Crippen LogP contribution is -2.56. The fourth-order valence-electron chi connectivity index (χ4n) is 4.96. The van der Waals surface area contributed by atoms with Gasteiger partial charge in [-0.1, -0.05) is 6.07 Å². The smallest absolute Gasteiger partial charge is 0.235 e. The van der Waals surface area contributed by atoms with Crippen LogP contribution in [-0.2, 0) is 16.6 Å². The number of hydrogen-bond acceptors (Lipinski definition) is 6. The maximum atomic E-state index is 13.9. The highest BCUT2D eigenvalue weighted by molar-refractivity contribution is 7.93. The monoisotopic (exact) mass is 463 g/mol. The molecule has 9 heteroatoms. The minimum absolute atomic E-state index is 0.00925. The van der Waals surface area contributed by atoms with E-state index in [1.807, 2.05) is 13.8 Å². The summed E-state index contributed by atoms with van der Waals surface area (Å²) in [5.41, 5.74) is 0.637. The van der Waals surface area contributed by atoms with Crippen molar-refractivity contribution in [1.82, 2.24) is 9.88 Å². The Morgan fingerprint density at radius 3 is 2.78 bits per heavy atom. The van der Waals surface area contributed by atoms with Crippen LogP contribution < -0.4 is 9.04 Å². The minimum Gasteiger partial charge on any atom is -0.503 e. The van der Waals surface area contributed by atoms with Crippen LogP contribution in [0.15, 0.2) is 36.5 Å². The van der Waals surface area contributed by atoms with Crippen molar-refractivity contribution in [2.24, 2.45) is 0 Å². The second kappa shape index (κ2) is 8.51. The number of aromatic nitrogens is 1. The number of pyridine rings is 1. The number of rotatable bonds is 5. The molecular formula is C23H30FN3O4S. The van der Waals surface area contributed by atoms with Gasteiger partial charge in [0.05, 0.1) is 35.0 Å². The first-order chi connectivity index (χ1) is 15.1. The summed E-state index contributed by atoms with van der Waals surface area (Å²) in [6.45, 7) is 7.13. The summed E-state index contributed by atoms with van der Waals surface area (Å²) in [4.78, 5) is 6.60. The first kappa shape index (κ1) is 22.8. The van der Waals surface area contributed by atoms with Crippen LogP contribution in [0.3, 0.4) is 0 Å². The lowest BCUT2D eigenvalue weighted by molar-refractivity contribution is 0.101. The van der Waals surface area contributed by atoms with Crippen molar-refractivity contribution >= 4 is 15.7 Å². The van der Waals surface area contributed by atoms with E-state index in [0.717, 1.165) is 5.69 Å². The molecule has 0 aliphatic carbocycles. The number of sulfonamides is 1. The van der Waals surface area contributed by atoms with E-state index in [1.54, 1.807) is 18.2 Å². The van der Waals surface area contributed by atoms with Crippen LogP contribution in [-0.4, -0.2) is 53.4 Å². The third kappa shape index (κ3) is 4.41. The van der Waals surface area contributed by atoms with Gasteiger partial charge in [-0.2, -0.15) is 0 Å². The predicted molar refractivity (Wildman–Crippen MR) is 121 cm³/mol. The van der Waals surface area contributed by atoms with Crippen LogP contribution in [0, 0.1) is 5.82 Å². The molecule has 0 radical (unpaired) electrons. The highest BCUT2D eigenvalue weighted by Gasteiger charge is 2.52. The molecular weight excluding hydrogens is 433 g/mol. The summed E-state index contributed by atoms with van der Waals surface area (Å²) >= 11 is 0. The fourth-order valence-corrected chi connectivity index (χ4v) is 7.06. The molecule has 0 unspecified atom stereocenters. The van der Waals surface area contributed by atoms with Crippen molar-refractivity contribution in [3.05, 3.63) is 48.0 Å². The van der Waals surface area contributed by atoms with E-state index in [2.05, 4.69) is 16.8 Å². The van der Waals surface area contributed by atoms with E-state index < -0.39 is 21.4 Å². The van der Waals surface area contributed by atoms with Crippen LogP contribution in [0.2, 0.25) is 0 Å². The Balaban J connectivity index is 1.54. The molecule has 1 aromatic carbocycles. The number of piperidine rings is 1. The molecule has 2 aliphatic rings. The van der Waals surface area contributed by atoms with E-state index >= 15 is 0 Å². The molecule has 2 fully saturated rings. The van der Waals surface area contributed by atoms with Gasteiger partial charge in [-0.3, -0.25) is 14.2 Å². The van der Waals surface area contributed by atoms with Crippen molar-refractivity contribution in [1.29, 1.82) is 0 Å². The molecule has 1 spiro atoms. The first-order valence-corrected chi connectivity index (χ1v) is 12.6. The number of aromatic hydroxyl groups is 1. The van der Waals surface area contributed by atoms with E-state index in [0.29, 0.717) is 43.8 Å². The summed E-state index contributed by atoms with van der Waals surface area (Å²) in [5, 5.41) is 10.00. The molecule has 0 saturated carbocycles. The molecule has 0 amide bonds. The summed E-state index contributed by atoms with van der Waals surface area (Å²) in [6.07, 6.45) is 3.17. The molecule has 7 nitrogen and oxygen atoms in total. The summed E-state index contributed by atoms with van der Waals surface area (Å²) in [5.74, 6) is 0.0504. The Morgan fingerprint density at radius 2 is 2.09 bits per heavy atom. The average Bonchev–Trinajstić information content (AvgIpc) is 2.96. The fraction of sp³-hybridized carbons (Fsp3) is 0.522. The molecule has 3 heterocycles. The van der Waals surface area contributed by atoms with E-state index in [4.69, 9.17) is 4.74 Å². The van der Waals surface area contributed by atoms with Crippen molar-refractivity contribution in [2.75, 3.05) is 16.6 Å². The zero-order chi connectivity index (χ0) is 23.1. The zero-order valence-electron chi connectivity index (χ0n) is 18.7. The third-order valence-corrected chi connectivity index (χ3v) is 8.25. The number of halogens is 1. The highest BCUT2D eigenvalue weighted by Crippen LogP contribution is 2.45. The second-order valence-corrected chi connectivity index (χ2v) is 11.1. The number of nitrogens with zero attached hydrogens (tertiary/aromatic N) is 3. The topological polar surface area (TPSA) is 83.0 Å². The number of benzene rings is 1. The maximum absolute atomic E-state index is 13.9. The third-order valence-electron chi connectivity index (χ3n) is 6.37. The van der Waals surface area contributed by atoms with E-state index in [1.165, 1.54) is 22.6 Å². The lowest BCUT2D eigenvalue weighted by Gasteiger charge is -2.47. The van der Waals surface area contributed by atoms with Crippen LogP contribution >= 0.6 is 0 Å². The van der Waals surface area contributed by atoms with Crippen molar-refractivity contribution < 1.29 is 22.7 Å². The van der Waals surface area contributed by atoms with Crippen LogP contribution in [0.5, 0.6) is 11.5 Å². The normalized spacial score (nSPS) is 25.5. The van der Waals surface area contributed by atoms with Crippen molar-refractivity contribution in [2.45, 2.75) is 64.3 Å². The molecule has 2 saturated heterocycles. The Kier molecular flexibility index (Phi) is 6.06. The number of likely N-dealkylation sites (tertiary alicyclic amines) is 1. The Labute approximate surface area is 188 Å². The van der Waals surface area contributed by atoms with E-state index in [9.17, 15) is 17.9 Å². The number of anilines is 1. The summed E-state index contributed by atoms with van der Waals surface area (Å²) in [7, 11) is -3.50. The van der Waals surface area contributed by atoms with E-state index in [-0.39, 0.29) is 23.6 Å². The molecule has 1 aromatic heterocycles. The average molecular weight is 464 g/mol.